The SMILES string of the molecule is CCC(C)Cc1nc(N2CCCC(N)C2C)n[nH]1. The molecular formula is C13H25N5. The van der Waals surface area contributed by atoms with E-state index in [1.54, 1.807) is 0 Å². The molecule has 0 saturated carbocycles. The largest absolute Gasteiger partial charge is 0.335 e. The molecule has 0 spiro atoms. The summed E-state index contributed by atoms with van der Waals surface area (Å²) in [7, 11) is 0. The van der Waals surface area contributed by atoms with Crippen LogP contribution in [0.5, 0.6) is 0 Å². The zero-order valence-corrected chi connectivity index (χ0v) is 11.7. The molecule has 102 valence electrons. The lowest BCUT2D eigenvalue weighted by molar-refractivity contribution is 0.415. The lowest BCUT2D eigenvalue weighted by Gasteiger charge is -2.36. The quantitative estimate of drug-likeness (QED) is 0.854. The second kappa shape index (κ2) is 5.69. The Balaban J connectivity index is 2.04. The number of anilines is 1. The number of hydrogen-bond acceptors (Lipinski definition) is 4. The van der Waals surface area contributed by atoms with Crippen molar-refractivity contribution in [3.8, 4) is 0 Å². The van der Waals surface area contributed by atoms with Gasteiger partial charge in [0.2, 0.25) is 5.95 Å². The van der Waals surface area contributed by atoms with Gasteiger partial charge in [0.15, 0.2) is 0 Å². The van der Waals surface area contributed by atoms with Crippen molar-refractivity contribution >= 4 is 5.95 Å². The monoisotopic (exact) mass is 251 g/mol. The fourth-order valence-corrected chi connectivity index (χ4v) is 2.43. The second-order valence-corrected chi connectivity index (χ2v) is 5.54. The van der Waals surface area contributed by atoms with E-state index in [4.69, 9.17) is 5.73 Å². The van der Waals surface area contributed by atoms with Crippen molar-refractivity contribution in [1.82, 2.24) is 15.2 Å². The number of nitrogens with zero attached hydrogens (tertiary/aromatic N) is 3. The van der Waals surface area contributed by atoms with E-state index in [9.17, 15) is 0 Å². The van der Waals surface area contributed by atoms with Crippen LogP contribution in [-0.2, 0) is 6.42 Å². The second-order valence-electron chi connectivity index (χ2n) is 5.54. The summed E-state index contributed by atoms with van der Waals surface area (Å²) in [6.45, 7) is 7.61. The molecular weight excluding hydrogens is 226 g/mol. The Morgan fingerprint density at radius 2 is 2.33 bits per heavy atom. The van der Waals surface area contributed by atoms with Crippen LogP contribution < -0.4 is 10.6 Å². The third-order valence-corrected chi connectivity index (χ3v) is 4.06. The molecule has 3 unspecified atom stereocenters. The highest BCUT2D eigenvalue weighted by Crippen LogP contribution is 2.21. The predicted octanol–water partition coefficient (Wildman–Crippen LogP) is 1.71. The zero-order chi connectivity index (χ0) is 13.1. The van der Waals surface area contributed by atoms with Gasteiger partial charge >= 0.3 is 0 Å². The molecule has 0 aromatic carbocycles. The topological polar surface area (TPSA) is 70.8 Å². The van der Waals surface area contributed by atoms with E-state index in [1.165, 1.54) is 6.42 Å². The molecule has 1 aliphatic rings. The van der Waals surface area contributed by atoms with E-state index < -0.39 is 0 Å². The van der Waals surface area contributed by atoms with Gasteiger partial charge in [0.05, 0.1) is 0 Å². The van der Waals surface area contributed by atoms with Crippen LogP contribution in [0.3, 0.4) is 0 Å². The number of rotatable bonds is 4. The first kappa shape index (κ1) is 13.3. The van der Waals surface area contributed by atoms with E-state index in [0.29, 0.717) is 12.0 Å². The maximum absolute atomic E-state index is 6.11. The van der Waals surface area contributed by atoms with Crippen LogP contribution in [0, 0.1) is 5.92 Å². The summed E-state index contributed by atoms with van der Waals surface area (Å²) in [5.41, 5.74) is 6.11. The molecule has 2 rings (SSSR count). The van der Waals surface area contributed by atoms with Crippen LogP contribution in [0.2, 0.25) is 0 Å². The summed E-state index contributed by atoms with van der Waals surface area (Å²) >= 11 is 0. The highest BCUT2D eigenvalue weighted by molar-refractivity contribution is 5.32. The molecule has 5 nitrogen and oxygen atoms in total. The van der Waals surface area contributed by atoms with Gasteiger partial charge in [0.25, 0.3) is 0 Å². The first-order valence-electron chi connectivity index (χ1n) is 7.05. The maximum atomic E-state index is 6.11. The number of hydrogen-bond donors (Lipinski definition) is 2. The molecule has 2 heterocycles. The molecule has 0 amide bonds. The van der Waals surface area contributed by atoms with Crippen molar-refractivity contribution in [2.45, 2.75) is 58.5 Å². The number of nitrogens with two attached hydrogens (primary N) is 1. The first-order valence-corrected chi connectivity index (χ1v) is 7.05. The summed E-state index contributed by atoms with van der Waals surface area (Å²) < 4.78 is 0. The standard InChI is InChI=1S/C13H25N5/c1-4-9(2)8-12-15-13(17-16-12)18-7-5-6-11(14)10(18)3/h9-11H,4-8,14H2,1-3H3,(H,15,16,17). The first-order chi connectivity index (χ1) is 8.61. The number of piperidine rings is 1. The Morgan fingerprint density at radius 1 is 1.56 bits per heavy atom. The molecule has 3 N–H and O–H groups in total. The Bertz CT molecular complexity index is 375. The maximum Gasteiger partial charge on any atom is 0.244 e. The molecule has 1 aromatic heterocycles. The fraction of sp³-hybridized carbons (Fsp3) is 0.846. The van der Waals surface area contributed by atoms with E-state index >= 15 is 0 Å². The van der Waals surface area contributed by atoms with Gasteiger partial charge in [-0.15, -0.1) is 5.10 Å². The van der Waals surface area contributed by atoms with E-state index in [1.807, 2.05) is 0 Å². The fourth-order valence-electron chi connectivity index (χ4n) is 2.43. The van der Waals surface area contributed by atoms with Gasteiger partial charge in [0, 0.05) is 25.0 Å². The van der Waals surface area contributed by atoms with E-state index in [0.717, 1.165) is 37.6 Å². The highest BCUT2D eigenvalue weighted by atomic mass is 15.4. The van der Waals surface area contributed by atoms with Crippen LogP contribution in [-0.4, -0.2) is 33.8 Å². The minimum absolute atomic E-state index is 0.232. The van der Waals surface area contributed by atoms with E-state index in [2.05, 4.69) is 40.9 Å². The predicted molar refractivity (Wildman–Crippen MR) is 73.6 cm³/mol. The molecule has 1 fully saturated rings. The van der Waals surface area contributed by atoms with Gasteiger partial charge in [-0.1, -0.05) is 20.3 Å². The van der Waals surface area contributed by atoms with Crippen molar-refractivity contribution in [1.29, 1.82) is 0 Å². The van der Waals surface area contributed by atoms with Crippen molar-refractivity contribution in [3.05, 3.63) is 5.82 Å². The van der Waals surface area contributed by atoms with Crippen molar-refractivity contribution < 1.29 is 0 Å². The number of H-pyrrole nitrogens is 1. The van der Waals surface area contributed by atoms with Crippen molar-refractivity contribution in [2.75, 3.05) is 11.4 Å². The number of aromatic nitrogens is 3. The van der Waals surface area contributed by atoms with Gasteiger partial charge in [-0.05, 0) is 25.7 Å². The summed E-state index contributed by atoms with van der Waals surface area (Å²) in [6, 6.07) is 0.557. The molecule has 1 aromatic rings. The highest BCUT2D eigenvalue weighted by Gasteiger charge is 2.27. The summed E-state index contributed by atoms with van der Waals surface area (Å²) in [5.74, 6) is 2.45. The molecule has 0 radical (unpaired) electrons. The minimum atomic E-state index is 0.232. The third-order valence-electron chi connectivity index (χ3n) is 4.06. The Morgan fingerprint density at radius 3 is 3.06 bits per heavy atom. The van der Waals surface area contributed by atoms with Gasteiger partial charge in [-0.2, -0.15) is 4.98 Å². The smallest absolute Gasteiger partial charge is 0.244 e. The average molecular weight is 251 g/mol. The number of nitrogens with one attached hydrogen (secondary N) is 1. The van der Waals surface area contributed by atoms with Crippen LogP contribution in [0.1, 0.15) is 45.9 Å². The van der Waals surface area contributed by atoms with Gasteiger partial charge < -0.3 is 10.6 Å². The molecule has 0 bridgehead atoms. The summed E-state index contributed by atoms with van der Waals surface area (Å²) in [4.78, 5) is 6.84. The van der Waals surface area contributed by atoms with Crippen molar-refractivity contribution in [2.24, 2.45) is 11.7 Å². The van der Waals surface area contributed by atoms with E-state index in [-0.39, 0.29) is 6.04 Å². The normalized spacial score (nSPS) is 26.3. The van der Waals surface area contributed by atoms with Crippen molar-refractivity contribution in [3.63, 3.8) is 0 Å². The Labute approximate surface area is 109 Å². The lowest BCUT2D eigenvalue weighted by atomic mass is 9.99. The Kier molecular flexibility index (Phi) is 4.22. The molecule has 1 aliphatic heterocycles. The molecule has 0 aliphatic carbocycles. The van der Waals surface area contributed by atoms with Crippen LogP contribution >= 0.6 is 0 Å². The average Bonchev–Trinajstić information content (AvgIpc) is 2.80. The van der Waals surface area contributed by atoms with Crippen LogP contribution in [0.25, 0.3) is 0 Å². The molecule has 1 saturated heterocycles. The lowest BCUT2D eigenvalue weighted by Crippen LogP contribution is -2.51. The van der Waals surface area contributed by atoms with Gasteiger partial charge in [-0.25, -0.2) is 0 Å². The third kappa shape index (κ3) is 2.83. The van der Waals surface area contributed by atoms with Gasteiger partial charge in [0.1, 0.15) is 5.82 Å². The summed E-state index contributed by atoms with van der Waals surface area (Å²) in [5, 5.41) is 7.41. The van der Waals surface area contributed by atoms with Crippen LogP contribution in [0.4, 0.5) is 5.95 Å². The minimum Gasteiger partial charge on any atom is -0.335 e. The molecule has 5 heteroatoms. The molecule has 18 heavy (non-hydrogen) atoms. The Hall–Kier alpha value is -1.10. The summed E-state index contributed by atoms with van der Waals surface area (Å²) in [6.07, 6.45) is 4.36. The zero-order valence-electron chi connectivity index (χ0n) is 11.7. The number of aromatic amines is 1. The van der Waals surface area contributed by atoms with Crippen LogP contribution in [0.15, 0.2) is 0 Å². The molecule has 3 atom stereocenters. The van der Waals surface area contributed by atoms with Gasteiger partial charge in [-0.3, -0.25) is 5.10 Å².